The molecule has 104 valence electrons. The number of carbonyl (C=O) groups excluding carboxylic acids is 1. The molecule has 3 nitrogen and oxygen atoms in total. The Bertz CT molecular complexity index is 653. The molecule has 0 spiro atoms. The Hall–Kier alpha value is -1.81. The number of aryl methyl sites for hydroxylation is 1. The van der Waals surface area contributed by atoms with Gasteiger partial charge in [-0.2, -0.15) is 0 Å². The van der Waals surface area contributed by atoms with Gasteiger partial charge in [-0.25, -0.2) is 0 Å². The molecule has 0 aliphatic heterocycles. The van der Waals surface area contributed by atoms with E-state index in [1.807, 2.05) is 50.2 Å². The molecule has 0 unspecified atom stereocenters. The molecule has 0 aliphatic rings. The number of nitrogens with one attached hydrogen (secondary N) is 1. The fourth-order valence-corrected chi connectivity index (χ4v) is 2.29. The van der Waals surface area contributed by atoms with E-state index in [1.165, 1.54) is 0 Å². The highest BCUT2D eigenvalue weighted by atomic mass is 79.9. The standard InChI is InChI=1S/C16H17BrN2O/c1-10-6-7-12(8-14(10)17)16(20)19-9-13-4-3-5-15(18)11(13)2/h3-8H,9,18H2,1-2H3,(H,19,20). The van der Waals surface area contributed by atoms with Gasteiger partial charge < -0.3 is 11.1 Å². The maximum atomic E-state index is 12.1. The SMILES string of the molecule is Cc1ccc(C(=O)NCc2cccc(N)c2C)cc1Br. The first-order chi connectivity index (χ1) is 9.49. The Morgan fingerprint density at radius 3 is 2.70 bits per heavy atom. The van der Waals surface area contributed by atoms with Crippen molar-refractivity contribution in [3.8, 4) is 0 Å². The highest BCUT2D eigenvalue weighted by Crippen LogP contribution is 2.18. The zero-order chi connectivity index (χ0) is 14.7. The van der Waals surface area contributed by atoms with Crippen LogP contribution in [0, 0.1) is 13.8 Å². The van der Waals surface area contributed by atoms with Crippen molar-refractivity contribution in [3.05, 3.63) is 63.1 Å². The van der Waals surface area contributed by atoms with Gasteiger partial charge >= 0.3 is 0 Å². The summed E-state index contributed by atoms with van der Waals surface area (Å²) in [6.07, 6.45) is 0. The zero-order valence-corrected chi connectivity index (χ0v) is 13.1. The number of rotatable bonds is 3. The largest absolute Gasteiger partial charge is 0.399 e. The third-order valence-electron chi connectivity index (χ3n) is 3.36. The predicted octanol–water partition coefficient (Wildman–Crippen LogP) is 3.58. The molecule has 4 heteroatoms. The summed E-state index contributed by atoms with van der Waals surface area (Å²) < 4.78 is 0.935. The first-order valence-corrected chi connectivity index (χ1v) is 7.16. The molecule has 0 aromatic heterocycles. The number of hydrogen-bond acceptors (Lipinski definition) is 2. The van der Waals surface area contributed by atoms with E-state index >= 15 is 0 Å². The molecule has 0 saturated heterocycles. The minimum atomic E-state index is -0.0903. The van der Waals surface area contributed by atoms with Gasteiger partial charge in [0.05, 0.1) is 0 Å². The average Bonchev–Trinajstić information content (AvgIpc) is 2.43. The Balaban J connectivity index is 2.08. The average molecular weight is 333 g/mol. The van der Waals surface area contributed by atoms with Crippen LogP contribution in [0.25, 0.3) is 0 Å². The van der Waals surface area contributed by atoms with E-state index in [-0.39, 0.29) is 5.91 Å². The zero-order valence-electron chi connectivity index (χ0n) is 11.5. The summed E-state index contributed by atoms with van der Waals surface area (Å²) in [5.74, 6) is -0.0903. The molecule has 0 fully saturated rings. The van der Waals surface area contributed by atoms with Crippen molar-refractivity contribution < 1.29 is 4.79 Å². The number of carbonyl (C=O) groups is 1. The Morgan fingerprint density at radius 2 is 2.00 bits per heavy atom. The third-order valence-corrected chi connectivity index (χ3v) is 4.22. The summed E-state index contributed by atoms with van der Waals surface area (Å²) in [5, 5.41) is 2.91. The minimum absolute atomic E-state index is 0.0903. The van der Waals surface area contributed by atoms with Crippen LogP contribution < -0.4 is 11.1 Å². The second-order valence-corrected chi connectivity index (χ2v) is 5.63. The van der Waals surface area contributed by atoms with Crippen LogP contribution in [0.15, 0.2) is 40.9 Å². The van der Waals surface area contributed by atoms with E-state index in [1.54, 1.807) is 0 Å². The second-order valence-electron chi connectivity index (χ2n) is 4.78. The van der Waals surface area contributed by atoms with Crippen molar-refractivity contribution in [3.63, 3.8) is 0 Å². The lowest BCUT2D eigenvalue weighted by atomic mass is 10.1. The van der Waals surface area contributed by atoms with Crippen molar-refractivity contribution >= 4 is 27.5 Å². The topological polar surface area (TPSA) is 55.1 Å². The van der Waals surface area contributed by atoms with Crippen molar-refractivity contribution in [2.45, 2.75) is 20.4 Å². The predicted molar refractivity (Wildman–Crippen MR) is 85.6 cm³/mol. The van der Waals surface area contributed by atoms with Gasteiger partial charge in [0.1, 0.15) is 0 Å². The second kappa shape index (κ2) is 6.09. The van der Waals surface area contributed by atoms with Crippen LogP contribution in [0.2, 0.25) is 0 Å². The molecule has 3 N–H and O–H groups in total. The molecule has 0 aliphatic carbocycles. The normalized spacial score (nSPS) is 10.3. The highest BCUT2D eigenvalue weighted by Gasteiger charge is 2.08. The van der Waals surface area contributed by atoms with Crippen molar-refractivity contribution in [2.75, 3.05) is 5.73 Å². The molecule has 2 rings (SSSR count). The molecule has 2 aromatic carbocycles. The van der Waals surface area contributed by atoms with Gasteiger partial charge in [-0.05, 0) is 48.7 Å². The van der Waals surface area contributed by atoms with Crippen molar-refractivity contribution in [1.29, 1.82) is 0 Å². The molecular formula is C16H17BrN2O. The quantitative estimate of drug-likeness (QED) is 0.844. The van der Waals surface area contributed by atoms with Gasteiger partial charge in [0.25, 0.3) is 5.91 Å². The fourth-order valence-electron chi connectivity index (χ4n) is 1.91. The summed E-state index contributed by atoms with van der Waals surface area (Å²) in [6.45, 7) is 4.42. The van der Waals surface area contributed by atoms with E-state index in [2.05, 4.69) is 21.2 Å². The van der Waals surface area contributed by atoms with Crippen molar-refractivity contribution in [2.24, 2.45) is 0 Å². The van der Waals surface area contributed by atoms with Gasteiger partial charge in [0, 0.05) is 22.3 Å². The van der Waals surface area contributed by atoms with Gasteiger partial charge in [-0.3, -0.25) is 4.79 Å². The minimum Gasteiger partial charge on any atom is -0.399 e. The molecule has 0 atom stereocenters. The Kier molecular flexibility index (Phi) is 4.45. The molecule has 2 aromatic rings. The van der Waals surface area contributed by atoms with Crippen molar-refractivity contribution in [1.82, 2.24) is 5.32 Å². The van der Waals surface area contributed by atoms with Gasteiger partial charge in [-0.1, -0.05) is 34.1 Å². The summed E-state index contributed by atoms with van der Waals surface area (Å²) in [6, 6.07) is 11.3. The molecule has 1 amide bonds. The first-order valence-electron chi connectivity index (χ1n) is 6.37. The summed E-state index contributed by atoms with van der Waals surface area (Å²) >= 11 is 3.43. The number of nitrogens with two attached hydrogens (primary N) is 1. The fraction of sp³-hybridized carbons (Fsp3) is 0.188. The Labute approximate surface area is 127 Å². The summed E-state index contributed by atoms with van der Waals surface area (Å²) in [4.78, 5) is 12.1. The van der Waals surface area contributed by atoms with Crippen LogP contribution in [0.3, 0.4) is 0 Å². The molecular weight excluding hydrogens is 316 g/mol. The van der Waals surface area contributed by atoms with Crippen LogP contribution >= 0.6 is 15.9 Å². The number of anilines is 1. The van der Waals surface area contributed by atoms with Gasteiger partial charge in [-0.15, -0.1) is 0 Å². The molecule has 0 bridgehead atoms. The van der Waals surface area contributed by atoms with Crippen LogP contribution in [0.1, 0.15) is 27.0 Å². The maximum Gasteiger partial charge on any atom is 0.251 e. The van der Waals surface area contributed by atoms with E-state index in [0.717, 1.165) is 26.9 Å². The van der Waals surface area contributed by atoms with Crippen LogP contribution in [0.5, 0.6) is 0 Å². The van der Waals surface area contributed by atoms with Crippen LogP contribution in [-0.2, 0) is 6.54 Å². The molecule has 20 heavy (non-hydrogen) atoms. The number of hydrogen-bond donors (Lipinski definition) is 2. The van der Waals surface area contributed by atoms with E-state index in [0.29, 0.717) is 12.1 Å². The monoisotopic (exact) mass is 332 g/mol. The molecule has 0 radical (unpaired) electrons. The number of nitrogen functional groups attached to an aromatic ring is 1. The number of benzene rings is 2. The molecule has 0 saturated carbocycles. The highest BCUT2D eigenvalue weighted by molar-refractivity contribution is 9.10. The first kappa shape index (κ1) is 14.6. The van der Waals surface area contributed by atoms with E-state index in [9.17, 15) is 4.79 Å². The summed E-state index contributed by atoms with van der Waals surface area (Å²) in [7, 11) is 0. The Morgan fingerprint density at radius 1 is 1.25 bits per heavy atom. The lowest BCUT2D eigenvalue weighted by Crippen LogP contribution is -2.23. The summed E-state index contributed by atoms with van der Waals surface area (Å²) in [5.41, 5.74) is 10.4. The number of amides is 1. The van der Waals surface area contributed by atoms with E-state index in [4.69, 9.17) is 5.73 Å². The lowest BCUT2D eigenvalue weighted by molar-refractivity contribution is 0.0951. The lowest BCUT2D eigenvalue weighted by Gasteiger charge is -2.10. The molecule has 0 heterocycles. The van der Waals surface area contributed by atoms with E-state index < -0.39 is 0 Å². The number of halogens is 1. The van der Waals surface area contributed by atoms with Gasteiger partial charge in [0.15, 0.2) is 0 Å². The smallest absolute Gasteiger partial charge is 0.251 e. The van der Waals surface area contributed by atoms with Crippen LogP contribution in [-0.4, -0.2) is 5.91 Å². The van der Waals surface area contributed by atoms with Gasteiger partial charge in [0.2, 0.25) is 0 Å². The maximum absolute atomic E-state index is 12.1. The third kappa shape index (κ3) is 3.20. The van der Waals surface area contributed by atoms with Crippen LogP contribution in [0.4, 0.5) is 5.69 Å².